The van der Waals surface area contributed by atoms with E-state index in [9.17, 15) is 23.2 Å². The highest BCUT2D eigenvalue weighted by atomic mass is 19.2. The number of benzene rings is 1. The highest BCUT2D eigenvalue weighted by molar-refractivity contribution is 5.94. The van der Waals surface area contributed by atoms with Crippen molar-refractivity contribution >= 4 is 12.0 Å². The van der Waals surface area contributed by atoms with Crippen molar-refractivity contribution in [1.29, 1.82) is 0 Å². The predicted molar refractivity (Wildman–Crippen MR) is 80.7 cm³/mol. The third-order valence-electron chi connectivity index (χ3n) is 3.99. The van der Waals surface area contributed by atoms with Gasteiger partial charge in [-0.1, -0.05) is 6.07 Å². The Morgan fingerprint density at radius 1 is 1.25 bits per heavy atom. The Morgan fingerprint density at radius 2 is 1.96 bits per heavy atom. The first-order chi connectivity index (χ1) is 11.3. The van der Waals surface area contributed by atoms with Gasteiger partial charge in [0.15, 0.2) is 11.6 Å². The minimum Gasteiger partial charge on any atom is -0.478 e. The number of carbonyl (C=O) groups is 1. The summed E-state index contributed by atoms with van der Waals surface area (Å²) in [5.41, 5.74) is -0.602. The van der Waals surface area contributed by atoms with Gasteiger partial charge in [-0.2, -0.15) is 0 Å². The molecule has 0 bridgehead atoms. The van der Waals surface area contributed by atoms with Gasteiger partial charge in [-0.05, 0) is 23.8 Å². The van der Waals surface area contributed by atoms with E-state index in [4.69, 9.17) is 5.11 Å². The molecule has 1 aliphatic carbocycles. The topological polar surface area (TPSA) is 81.3 Å². The first-order valence-corrected chi connectivity index (χ1v) is 7.00. The van der Waals surface area contributed by atoms with Gasteiger partial charge in [0, 0.05) is 24.7 Å². The third kappa shape index (κ3) is 2.45. The minimum atomic E-state index is -1.16. The summed E-state index contributed by atoms with van der Waals surface area (Å²) in [6.45, 7) is -0.244. The largest absolute Gasteiger partial charge is 0.478 e. The zero-order valence-corrected chi connectivity index (χ0v) is 12.5. The van der Waals surface area contributed by atoms with E-state index in [2.05, 4.69) is 0 Å². The van der Waals surface area contributed by atoms with Gasteiger partial charge in [0.25, 0.3) is 5.56 Å². The van der Waals surface area contributed by atoms with Gasteiger partial charge in [0.2, 0.25) is 0 Å². The highest BCUT2D eigenvalue weighted by Gasteiger charge is 2.25. The van der Waals surface area contributed by atoms with E-state index in [0.717, 1.165) is 16.7 Å². The number of rotatable bonds is 3. The molecule has 0 saturated carbocycles. The Bertz CT molecular complexity index is 1020. The van der Waals surface area contributed by atoms with Gasteiger partial charge < -0.3 is 5.11 Å². The fraction of sp³-hybridized carbons (Fsp3) is 0.188. The van der Waals surface area contributed by atoms with Crippen molar-refractivity contribution in [2.75, 3.05) is 0 Å². The average molecular weight is 334 g/mol. The molecule has 0 amide bonds. The first-order valence-electron chi connectivity index (χ1n) is 7.00. The summed E-state index contributed by atoms with van der Waals surface area (Å²) in [7, 11) is 1.43. The summed E-state index contributed by atoms with van der Waals surface area (Å²) in [5.74, 6) is -3.27. The van der Waals surface area contributed by atoms with Gasteiger partial charge in [-0.3, -0.25) is 13.9 Å². The Labute approximate surface area is 133 Å². The summed E-state index contributed by atoms with van der Waals surface area (Å²) in [6, 6.07) is 3.10. The van der Waals surface area contributed by atoms with E-state index in [1.165, 1.54) is 23.8 Å². The first kappa shape index (κ1) is 15.9. The maximum Gasteiger partial charge on any atom is 0.331 e. The molecule has 1 heterocycles. The second kappa shape index (κ2) is 5.55. The minimum absolute atomic E-state index is 0.0162. The van der Waals surface area contributed by atoms with E-state index in [1.54, 1.807) is 0 Å². The molecule has 1 aromatic heterocycles. The summed E-state index contributed by atoms with van der Waals surface area (Å²) >= 11 is 0. The quantitative estimate of drug-likeness (QED) is 0.904. The van der Waals surface area contributed by atoms with Crippen molar-refractivity contribution in [2.24, 2.45) is 7.05 Å². The number of carboxylic acid groups (broad SMARTS) is 1. The maximum atomic E-state index is 13.3. The van der Waals surface area contributed by atoms with Crippen LogP contribution in [0, 0.1) is 11.6 Å². The van der Waals surface area contributed by atoms with Gasteiger partial charge in [0.1, 0.15) is 0 Å². The van der Waals surface area contributed by atoms with Crippen LogP contribution < -0.4 is 11.2 Å². The van der Waals surface area contributed by atoms with Crippen molar-refractivity contribution in [1.82, 2.24) is 9.13 Å². The Hall–Kier alpha value is -3.03. The number of aliphatic carboxylic acids is 1. The number of aromatic nitrogens is 2. The number of hydrogen-bond acceptors (Lipinski definition) is 3. The monoisotopic (exact) mass is 334 g/mol. The van der Waals surface area contributed by atoms with Crippen LogP contribution in [0.15, 0.2) is 33.4 Å². The van der Waals surface area contributed by atoms with E-state index in [1.807, 2.05) is 0 Å². The second-order valence-corrected chi connectivity index (χ2v) is 5.49. The fourth-order valence-corrected chi connectivity index (χ4v) is 2.69. The highest BCUT2D eigenvalue weighted by Crippen LogP contribution is 2.21. The lowest BCUT2D eigenvalue weighted by Gasteiger charge is -2.12. The number of carboxylic acids is 1. The van der Waals surface area contributed by atoms with Crippen LogP contribution >= 0.6 is 0 Å². The molecule has 0 atom stereocenters. The van der Waals surface area contributed by atoms with Crippen LogP contribution in [0.3, 0.4) is 0 Å². The number of nitrogens with zero attached hydrogens (tertiary/aromatic N) is 2. The zero-order valence-electron chi connectivity index (χ0n) is 12.5. The molecule has 124 valence electrons. The molecular weight excluding hydrogens is 322 g/mol. The molecule has 3 rings (SSSR count). The van der Waals surface area contributed by atoms with Gasteiger partial charge in [0.05, 0.1) is 12.1 Å². The van der Waals surface area contributed by atoms with Gasteiger partial charge >= 0.3 is 11.7 Å². The molecular formula is C16H12F2N2O4. The second-order valence-electron chi connectivity index (χ2n) is 5.49. The summed E-state index contributed by atoms with van der Waals surface area (Å²) in [6.07, 6.45) is 1.22. The lowest BCUT2D eigenvalue weighted by Crippen LogP contribution is -2.41. The number of fused-ring (bicyclic) bond motifs is 1. The van der Waals surface area contributed by atoms with Crippen molar-refractivity contribution in [3.63, 3.8) is 0 Å². The van der Waals surface area contributed by atoms with Crippen LogP contribution in [0.25, 0.3) is 6.08 Å². The van der Waals surface area contributed by atoms with Crippen molar-refractivity contribution in [3.8, 4) is 0 Å². The Morgan fingerprint density at radius 3 is 2.58 bits per heavy atom. The molecule has 0 aliphatic heterocycles. The summed E-state index contributed by atoms with van der Waals surface area (Å²) in [5, 5.41) is 9.06. The zero-order chi connectivity index (χ0) is 17.6. The normalized spacial score (nSPS) is 12.9. The number of halogens is 2. The molecule has 0 unspecified atom stereocenters. The van der Waals surface area contributed by atoms with E-state index in [0.29, 0.717) is 5.69 Å². The lowest BCUT2D eigenvalue weighted by molar-refractivity contribution is -0.132. The Balaban J connectivity index is 2.13. The third-order valence-corrected chi connectivity index (χ3v) is 3.99. The van der Waals surface area contributed by atoms with E-state index < -0.39 is 28.9 Å². The SMILES string of the molecule is Cn1c2c(c(=O)n(Cc3ccc(F)c(F)c3)c1=O)C=C(C(=O)O)C2. The maximum absolute atomic E-state index is 13.3. The van der Waals surface area contributed by atoms with Crippen LogP contribution in [0.1, 0.15) is 16.8 Å². The van der Waals surface area contributed by atoms with Crippen LogP contribution in [-0.2, 0) is 24.8 Å². The van der Waals surface area contributed by atoms with Gasteiger partial charge in [-0.25, -0.2) is 18.4 Å². The average Bonchev–Trinajstić information content (AvgIpc) is 2.99. The van der Waals surface area contributed by atoms with Gasteiger partial charge in [-0.15, -0.1) is 0 Å². The molecule has 24 heavy (non-hydrogen) atoms. The molecule has 0 spiro atoms. The molecule has 2 aromatic rings. The number of hydrogen-bond donors (Lipinski definition) is 1. The van der Waals surface area contributed by atoms with Crippen LogP contribution in [0.4, 0.5) is 8.78 Å². The Kier molecular flexibility index (Phi) is 3.67. The van der Waals surface area contributed by atoms with Crippen LogP contribution in [-0.4, -0.2) is 20.2 Å². The van der Waals surface area contributed by atoms with Crippen LogP contribution in [0.2, 0.25) is 0 Å². The van der Waals surface area contributed by atoms with E-state index in [-0.39, 0.29) is 29.7 Å². The molecule has 1 N–H and O–H groups in total. The smallest absolute Gasteiger partial charge is 0.331 e. The molecule has 0 saturated heterocycles. The molecule has 1 aromatic carbocycles. The fourth-order valence-electron chi connectivity index (χ4n) is 2.69. The molecule has 6 nitrogen and oxygen atoms in total. The summed E-state index contributed by atoms with van der Waals surface area (Å²) < 4.78 is 28.4. The molecule has 0 radical (unpaired) electrons. The molecule has 1 aliphatic rings. The standard InChI is InChI=1S/C16H12F2N2O4/c1-19-13-6-9(15(22)23)5-10(13)14(21)20(16(19)24)7-8-2-3-11(17)12(18)4-8/h2-5H,6-7H2,1H3,(H,22,23). The van der Waals surface area contributed by atoms with E-state index >= 15 is 0 Å². The lowest BCUT2D eigenvalue weighted by atomic mass is 10.2. The molecule has 8 heteroatoms. The summed E-state index contributed by atoms with van der Waals surface area (Å²) in [4.78, 5) is 36.0. The van der Waals surface area contributed by atoms with Crippen LogP contribution in [0.5, 0.6) is 0 Å². The van der Waals surface area contributed by atoms with Crippen molar-refractivity contribution < 1.29 is 18.7 Å². The van der Waals surface area contributed by atoms with Crippen molar-refractivity contribution in [3.05, 3.63) is 73.1 Å². The molecule has 0 fully saturated rings. The predicted octanol–water partition coefficient (Wildman–Crippen LogP) is 0.898. The van der Waals surface area contributed by atoms with Crippen molar-refractivity contribution in [2.45, 2.75) is 13.0 Å².